The van der Waals surface area contributed by atoms with Gasteiger partial charge in [0.2, 0.25) is 5.91 Å². The van der Waals surface area contributed by atoms with Crippen molar-refractivity contribution in [3.05, 3.63) is 102 Å². The van der Waals surface area contributed by atoms with Crippen molar-refractivity contribution in [3.8, 4) is 0 Å². The molecular weight excluding hydrogens is 427 g/mol. The number of anilines is 2. The van der Waals surface area contributed by atoms with Crippen LogP contribution in [0.1, 0.15) is 5.56 Å². The molecule has 0 bridgehead atoms. The monoisotopic (exact) mass is 448 g/mol. The Kier molecular flexibility index (Phi) is 5.92. The number of carbonyl (C=O) groups excluding carboxylic acids is 1. The lowest BCUT2D eigenvalue weighted by atomic mass is 10.1. The fourth-order valence-corrected chi connectivity index (χ4v) is 4.78. The molecule has 4 aromatic carbocycles. The van der Waals surface area contributed by atoms with Crippen LogP contribution in [0.25, 0.3) is 10.8 Å². The lowest BCUT2D eigenvalue weighted by Crippen LogP contribution is -2.38. The van der Waals surface area contributed by atoms with E-state index in [0.29, 0.717) is 11.4 Å². The van der Waals surface area contributed by atoms with Crippen molar-refractivity contribution >= 4 is 38.1 Å². The zero-order chi connectivity index (χ0) is 22.7. The van der Waals surface area contributed by atoms with Gasteiger partial charge in [0.15, 0.2) is 0 Å². The van der Waals surface area contributed by atoms with Crippen LogP contribution in [0.15, 0.2) is 95.9 Å². The Labute approximate surface area is 186 Å². The van der Waals surface area contributed by atoms with E-state index in [4.69, 9.17) is 0 Å². The summed E-state index contributed by atoms with van der Waals surface area (Å²) >= 11 is 0. The van der Waals surface area contributed by atoms with Crippen LogP contribution < -0.4 is 9.62 Å². The van der Waals surface area contributed by atoms with Crippen LogP contribution in [0.4, 0.5) is 15.8 Å². The number of fused-ring (bicyclic) bond motifs is 1. The second-order valence-electron chi connectivity index (χ2n) is 7.41. The SMILES string of the molecule is Cc1ccc(N(CC(=O)Nc2ccc3ccccc3c2)S(=O)(=O)c2ccc(F)cc2)cc1. The second-order valence-corrected chi connectivity index (χ2v) is 9.27. The van der Waals surface area contributed by atoms with E-state index in [1.54, 1.807) is 30.3 Å². The molecule has 32 heavy (non-hydrogen) atoms. The van der Waals surface area contributed by atoms with Gasteiger partial charge < -0.3 is 5.32 Å². The summed E-state index contributed by atoms with van der Waals surface area (Å²) in [4.78, 5) is 12.8. The molecule has 1 N–H and O–H groups in total. The number of hydrogen-bond acceptors (Lipinski definition) is 3. The first-order chi connectivity index (χ1) is 15.3. The highest BCUT2D eigenvalue weighted by atomic mass is 32.2. The quantitative estimate of drug-likeness (QED) is 0.445. The van der Waals surface area contributed by atoms with Crippen molar-refractivity contribution in [2.45, 2.75) is 11.8 Å². The maximum atomic E-state index is 13.3. The molecule has 7 heteroatoms. The molecule has 0 spiro atoms. The molecule has 162 valence electrons. The van der Waals surface area contributed by atoms with Gasteiger partial charge in [0, 0.05) is 5.69 Å². The number of rotatable bonds is 6. The van der Waals surface area contributed by atoms with Crippen molar-refractivity contribution in [1.82, 2.24) is 0 Å². The Morgan fingerprint density at radius 2 is 1.53 bits per heavy atom. The summed E-state index contributed by atoms with van der Waals surface area (Å²) in [6.45, 7) is 1.45. The normalized spacial score (nSPS) is 11.3. The van der Waals surface area contributed by atoms with Crippen LogP contribution in [0.5, 0.6) is 0 Å². The molecule has 0 unspecified atom stereocenters. The summed E-state index contributed by atoms with van der Waals surface area (Å²) in [5.74, 6) is -1.04. The molecule has 1 amide bonds. The third-order valence-corrected chi connectivity index (χ3v) is 6.83. The van der Waals surface area contributed by atoms with E-state index in [9.17, 15) is 17.6 Å². The number of benzene rings is 4. The van der Waals surface area contributed by atoms with Crippen molar-refractivity contribution < 1.29 is 17.6 Å². The smallest absolute Gasteiger partial charge is 0.264 e. The number of sulfonamides is 1. The Balaban J connectivity index is 1.64. The van der Waals surface area contributed by atoms with Crippen LogP contribution in [-0.2, 0) is 14.8 Å². The van der Waals surface area contributed by atoms with Crippen LogP contribution in [0.2, 0.25) is 0 Å². The third kappa shape index (κ3) is 4.63. The fraction of sp³-hybridized carbons (Fsp3) is 0.0800. The summed E-state index contributed by atoms with van der Waals surface area (Å²) in [6.07, 6.45) is 0. The molecule has 0 heterocycles. The zero-order valence-electron chi connectivity index (χ0n) is 17.3. The first kappa shape index (κ1) is 21.5. The standard InChI is InChI=1S/C25H21FN2O3S/c1-18-6-12-23(13-7-18)28(32(30,31)24-14-9-21(26)10-15-24)17-25(29)27-22-11-8-19-4-2-3-5-20(19)16-22/h2-16H,17H2,1H3,(H,27,29). The minimum Gasteiger partial charge on any atom is -0.324 e. The number of nitrogens with one attached hydrogen (secondary N) is 1. The van der Waals surface area contributed by atoms with E-state index in [-0.39, 0.29) is 4.90 Å². The van der Waals surface area contributed by atoms with Gasteiger partial charge in [-0.2, -0.15) is 0 Å². The first-order valence-corrected chi connectivity index (χ1v) is 11.4. The van der Waals surface area contributed by atoms with E-state index in [0.717, 1.165) is 32.8 Å². The average Bonchev–Trinajstić information content (AvgIpc) is 2.78. The number of halogens is 1. The second kappa shape index (κ2) is 8.80. The molecule has 5 nitrogen and oxygen atoms in total. The number of nitrogens with zero attached hydrogens (tertiary/aromatic N) is 1. The third-order valence-electron chi connectivity index (χ3n) is 5.04. The van der Waals surface area contributed by atoms with Gasteiger partial charge in [-0.15, -0.1) is 0 Å². The van der Waals surface area contributed by atoms with Gasteiger partial charge in [0.25, 0.3) is 10.0 Å². The van der Waals surface area contributed by atoms with E-state index >= 15 is 0 Å². The highest BCUT2D eigenvalue weighted by Crippen LogP contribution is 2.25. The van der Waals surface area contributed by atoms with Gasteiger partial charge in [-0.1, -0.05) is 48.0 Å². The van der Waals surface area contributed by atoms with E-state index in [2.05, 4.69) is 5.32 Å². The fourth-order valence-electron chi connectivity index (χ4n) is 3.36. The maximum absolute atomic E-state index is 13.3. The summed E-state index contributed by atoms with van der Waals surface area (Å²) < 4.78 is 41.0. The maximum Gasteiger partial charge on any atom is 0.264 e. The Morgan fingerprint density at radius 3 is 2.22 bits per heavy atom. The van der Waals surface area contributed by atoms with Crippen molar-refractivity contribution in [2.75, 3.05) is 16.2 Å². The number of hydrogen-bond donors (Lipinski definition) is 1. The predicted molar refractivity (Wildman–Crippen MR) is 125 cm³/mol. The molecule has 4 rings (SSSR count). The Morgan fingerprint density at radius 1 is 0.875 bits per heavy atom. The zero-order valence-corrected chi connectivity index (χ0v) is 18.1. The summed E-state index contributed by atoms with van der Waals surface area (Å²) in [5, 5.41) is 4.76. The van der Waals surface area contributed by atoms with Gasteiger partial charge in [0.05, 0.1) is 10.6 Å². The molecule has 0 aliphatic carbocycles. The Bertz CT molecular complexity index is 1370. The van der Waals surface area contributed by atoms with Gasteiger partial charge in [-0.25, -0.2) is 12.8 Å². The summed E-state index contributed by atoms with van der Waals surface area (Å²) in [7, 11) is -4.10. The van der Waals surface area contributed by atoms with Gasteiger partial charge >= 0.3 is 0 Å². The Hall–Kier alpha value is -3.71. The molecule has 4 aromatic rings. The van der Waals surface area contributed by atoms with Gasteiger partial charge in [-0.3, -0.25) is 9.10 Å². The summed E-state index contributed by atoms with van der Waals surface area (Å²) in [5.41, 5.74) is 1.86. The largest absolute Gasteiger partial charge is 0.324 e. The minimum atomic E-state index is -4.10. The average molecular weight is 449 g/mol. The van der Waals surface area contributed by atoms with Gasteiger partial charge in [-0.05, 0) is 66.2 Å². The molecule has 0 radical (unpaired) electrons. The highest BCUT2D eigenvalue weighted by molar-refractivity contribution is 7.92. The number of amides is 1. The number of carbonyl (C=O) groups is 1. The summed E-state index contributed by atoms with van der Waals surface area (Å²) in [6, 6.07) is 24.6. The van der Waals surface area contributed by atoms with E-state index < -0.39 is 28.3 Å². The van der Waals surface area contributed by atoms with Crippen LogP contribution in [-0.4, -0.2) is 20.9 Å². The molecule has 0 aliphatic heterocycles. The predicted octanol–water partition coefficient (Wildman–Crippen LogP) is 5.12. The highest BCUT2D eigenvalue weighted by Gasteiger charge is 2.27. The molecule has 0 atom stereocenters. The molecule has 0 fully saturated rings. The minimum absolute atomic E-state index is 0.0991. The molecule has 0 aliphatic rings. The topological polar surface area (TPSA) is 66.5 Å². The first-order valence-electron chi connectivity index (χ1n) is 9.96. The van der Waals surface area contributed by atoms with Crippen LogP contribution >= 0.6 is 0 Å². The number of aryl methyl sites for hydroxylation is 1. The molecule has 0 aromatic heterocycles. The van der Waals surface area contributed by atoms with Crippen molar-refractivity contribution in [3.63, 3.8) is 0 Å². The molecular formula is C25H21FN2O3S. The van der Waals surface area contributed by atoms with Crippen molar-refractivity contribution in [2.24, 2.45) is 0 Å². The van der Waals surface area contributed by atoms with E-state index in [1.807, 2.05) is 43.3 Å². The molecule has 0 saturated heterocycles. The lowest BCUT2D eigenvalue weighted by molar-refractivity contribution is -0.114. The van der Waals surface area contributed by atoms with Gasteiger partial charge in [0.1, 0.15) is 12.4 Å². The van der Waals surface area contributed by atoms with E-state index in [1.165, 1.54) is 12.1 Å². The van der Waals surface area contributed by atoms with Crippen LogP contribution in [0.3, 0.4) is 0 Å². The molecule has 0 saturated carbocycles. The lowest BCUT2D eigenvalue weighted by Gasteiger charge is -2.24. The van der Waals surface area contributed by atoms with Crippen molar-refractivity contribution in [1.29, 1.82) is 0 Å². The van der Waals surface area contributed by atoms with Crippen LogP contribution in [0, 0.1) is 12.7 Å².